The number of morpholine rings is 1. The molecule has 2 heterocycles. The van der Waals surface area contributed by atoms with Gasteiger partial charge in [-0.1, -0.05) is 0 Å². The minimum atomic E-state index is 0.159. The summed E-state index contributed by atoms with van der Waals surface area (Å²) in [6, 6.07) is 0. The van der Waals surface area contributed by atoms with Crippen molar-refractivity contribution in [2.24, 2.45) is 0 Å². The fraction of sp³-hybridized carbons (Fsp3) is 0.800. The van der Waals surface area contributed by atoms with Gasteiger partial charge in [-0.15, -0.1) is 0 Å². The molecule has 90 valence electrons. The smallest absolute Gasteiger partial charge is 0.152 e. The van der Waals surface area contributed by atoms with Crippen molar-refractivity contribution in [1.82, 2.24) is 20.1 Å². The molecule has 1 aromatic heterocycles. The number of aromatic nitrogens is 3. The van der Waals surface area contributed by atoms with Crippen LogP contribution in [0.2, 0.25) is 0 Å². The van der Waals surface area contributed by atoms with E-state index in [1.807, 2.05) is 11.6 Å². The maximum absolute atomic E-state index is 5.57. The Hall–Kier alpha value is -0.980. The zero-order valence-electron chi connectivity index (χ0n) is 9.56. The van der Waals surface area contributed by atoms with E-state index in [2.05, 4.69) is 15.4 Å². The van der Waals surface area contributed by atoms with E-state index in [0.717, 1.165) is 32.1 Å². The molecule has 0 aromatic carbocycles. The largest absolute Gasteiger partial charge is 0.373 e. The lowest BCUT2D eigenvalue weighted by Crippen LogP contribution is -2.41. The number of ether oxygens (including phenoxy) is 2. The highest BCUT2D eigenvalue weighted by atomic mass is 16.5. The van der Waals surface area contributed by atoms with Crippen LogP contribution in [0.25, 0.3) is 0 Å². The minimum Gasteiger partial charge on any atom is -0.373 e. The summed E-state index contributed by atoms with van der Waals surface area (Å²) in [7, 11) is 0. The topological polar surface area (TPSA) is 61.2 Å². The summed E-state index contributed by atoms with van der Waals surface area (Å²) in [5.74, 6) is 0.867. The summed E-state index contributed by atoms with van der Waals surface area (Å²) in [5, 5.41) is 7.34. The highest BCUT2D eigenvalue weighted by Crippen LogP contribution is 2.01. The molecule has 1 N–H and O–H groups in total. The third-order valence-electron chi connectivity index (χ3n) is 2.53. The van der Waals surface area contributed by atoms with Crippen molar-refractivity contribution in [3.8, 4) is 0 Å². The van der Waals surface area contributed by atoms with Crippen LogP contribution in [0.3, 0.4) is 0 Å². The zero-order chi connectivity index (χ0) is 11.2. The molecular weight excluding hydrogens is 208 g/mol. The average molecular weight is 226 g/mol. The first kappa shape index (κ1) is 11.5. The van der Waals surface area contributed by atoms with E-state index in [-0.39, 0.29) is 6.10 Å². The normalized spacial score (nSPS) is 21.2. The van der Waals surface area contributed by atoms with Crippen LogP contribution >= 0.6 is 0 Å². The number of aryl methyl sites for hydroxylation is 1. The van der Waals surface area contributed by atoms with E-state index >= 15 is 0 Å². The van der Waals surface area contributed by atoms with Crippen LogP contribution in [0, 0.1) is 0 Å². The molecule has 0 spiro atoms. The molecule has 1 atom stereocenters. The monoisotopic (exact) mass is 226 g/mol. The molecule has 6 heteroatoms. The predicted octanol–water partition coefficient (Wildman–Crippen LogP) is -0.197. The Kier molecular flexibility index (Phi) is 4.26. The van der Waals surface area contributed by atoms with Crippen LogP contribution in [0.4, 0.5) is 0 Å². The van der Waals surface area contributed by atoms with Gasteiger partial charge in [0.15, 0.2) is 5.82 Å². The quantitative estimate of drug-likeness (QED) is 0.753. The molecule has 0 radical (unpaired) electrons. The highest BCUT2D eigenvalue weighted by molar-refractivity contribution is 4.81. The molecule has 1 saturated heterocycles. The molecule has 16 heavy (non-hydrogen) atoms. The first-order valence-corrected chi connectivity index (χ1v) is 5.67. The minimum absolute atomic E-state index is 0.159. The van der Waals surface area contributed by atoms with Crippen molar-refractivity contribution in [1.29, 1.82) is 0 Å². The second kappa shape index (κ2) is 5.93. The van der Waals surface area contributed by atoms with Gasteiger partial charge in [0.05, 0.1) is 19.3 Å². The summed E-state index contributed by atoms with van der Waals surface area (Å²) in [5.41, 5.74) is 0. The Balaban J connectivity index is 1.71. The Labute approximate surface area is 94.9 Å². The highest BCUT2D eigenvalue weighted by Gasteiger charge is 2.13. The van der Waals surface area contributed by atoms with Gasteiger partial charge < -0.3 is 14.8 Å². The van der Waals surface area contributed by atoms with Gasteiger partial charge in [0.2, 0.25) is 0 Å². The zero-order valence-corrected chi connectivity index (χ0v) is 9.56. The van der Waals surface area contributed by atoms with Crippen LogP contribution in [-0.2, 0) is 22.6 Å². The summed E-state index contributed by atoms with van der Waals surface area (Å²) in [6.07, 6.45) is 1.72. The van der Waals surface area contributed by atoms with Crippen molar-refractivity contribution < 1.29 is 9.47 Å². The van der Waals surface area contributed by atoms with E-state index in [1.165, 1.54) is 0 Å². The predicted molar refractivity (Wildman–Crippen MR) is 58.0 cm³/mol. The lowest BCUT2D eigenvalue weighted by molar-refractivity contribution is -0.0374. The Bertz CT molecular complexity index is 310. The maximum Gasteiger partial charge on any atom is 0.152 e. The lowest BCUT2D eigenvalue weighted by Gasteiger charge is -2.23. The standard InChI is InChI=1S/C10H18N4O2/c1-2-14-10(12-8-13-14)7-15-6-9-5-11-3-4-16-9/h8-9,11H,2-7H2,1H3. The van der Waals surface area contributed by atoms with Gasteiger partial charge in [-0.05, 0) is 6.92 Å². The maximum atomic E-state index is 5.57. The van der Waals surface area contributed by atoms with Crippen LogP contribution < -0.4 is 5.32 Å². The molecule has 0 saturated carbocycles. The molecule has 1 aliphatic heterocycles. The van der Waals surface area contributed by atoms with Crippen LogP contribution in [0.15, 0.2) is 6.33 Å². The molecule has 1 unspecified atom stereocenters. The Morgan fingerprint density at radius 3 is 3.38 bits per heavy atom. The lowest BCUT2D eigenvalue weighted by atomic mass is 10.3. The number of rotatable bonds is 5. The van der Waals surface area contributed by atoms with E-state index in [9.17, 15) is 0 Å². The average Bonchev–Trinajstić information content (AvgIpc) is 2.78. The third-order valence-corrected chi connectivity index (χ3v) is 2.53. The van der Waals surface area contributed by atoms with Gasteiger partial charge in [-0.2, -0.15) is 5.10 Å². The first-order chi connectivity index (χ1) is 7.90. The van der Waals surface area contributed by atoms with Crippen molar-refractivity contribution in [2.45, 2.75) is 26.2 Å². The Morgan fingerprint density at radius 1 is 1.69 bits per heavy atom. The van der Waals surface area contributed by atoms with Crippen molar-refractivity contribution >= 4 is 0 Å². The Morgan fingerprint density at radius 2 is 2.62 bits per heavy atom. The molecular formula is C10H18N4O2. The molecule has 1 aliphatic rings. The molecule has 1 aromatic rings. The van der Waals surface area contributed by atoms with E-state index in [1.54, 1.807) is 6.33 Å². The van der Waals surface area contributed by atoms with E-state index < -0.39 is 0 Å². The SMILES string of the molecule is CCn1ncnc1COCC1CNCCO1. The number of nitrogens with zero attached hydrogens (tertiary/aromatic N) is 3. The van der Waals surface area contributed by atoms with Crippen molar-refractivity contribution in [3.63, 3.8) is 0 Å². The number of nitrogens with one attached hydrogen (secondary N) is 1. The van der Waals surface area contributed by atoms with Crippen LogP contribution in [0.5, 0.6) is 0 Å². The van der Waals surface area contributed by atoms with E-state index in [0.29, 0.717) is 13.2 Å². The third kappa shape index (κ3) is 3.01. The number of hydrogen-bond donors (Lipinski definition) is 1. The summed E-state index contributed by atoms with van der Waals surface area (Å²) in [6.45, 7) is 6.50. The van der Waals surface area contributed by atoms with Crippen molar-refractivity contribution in [2.75, 3.05) is 26.3 Å². The number of hydrogen-bond acceptors (Lipinski definition) is 5. The summed E-state index contributed by atoms with van der Waals surface area (Å²) >= 11 is 0. The fourth-order valence-electron chi connectivity index (χ4n) is 1.67. The molecule has 1 fully saturated rings. The summed E-state index contributed by atoms with van der Waals surface area (Å²) in [4.78, 5) is 4.14. The molecule has 0 amide bonds. The van der Waals surface area contributed by atoms with Gasteiger partial charge in [0, 0.05) is 19.6 Å². The molecule has 2 rings (SSSR count). The molecule has 6 nitrogen and oxygen atoms in total. The van der Waals surface area contributed by atoms with E-state index in [4.69, 9.17) is 9.47 Å². The summed E-state index contributed by atoms with van der Waals surface area (Å²) < 4.78 is 12.9. The van der Waals surface area contributed by atoms with Gasteiger partial charge in [-0.25, -0.2) is 9.67 Å². The van der Waals surface area contributed by atoms with Crippen molar-refractivity contribution in [3.05, 3.63) is 12.2 Å². The van der Waals surface area contributed by atoms with Gasteiger partial charge >= 0.3 is 0 Å². The van der Waals surface area contributed by atoms with Gasteiger partial charge in [-0.3, -0.25) is 0 Å². The fourth-order valence-corrected chi connectivity index (χ4v) is 1.67. The second-order valence-corrected chi connectivity index (χ2v) is 3.70. The molecule has 0 bridgehead atoms. The molecule has 0 aliphatic carbocycles. The first-order valence-electron chi connectivity index (χ1n) is 5.67. The second-order valence-electron chi connectivity index (χ2n) is 3.70. The van der Waals surface area contributed by atoms with Crippen LogP contribution in [-0.4, -0.2) is 47.2 Å². The van der Waals surface area contributed by atoms with Gasteiger partial charge in [0.25, 0.3) is 0 Å². The van der Waals surface area contributed by atoms with Crippen LogP contribution in [0.1, 0.15) is 12.7 Å². The van der Waals surface area contributed by atoms with Gasteiger partial charge in [0.1, 0.15) is 12.9 Å².